The van der Waals surface area contributed by atoms with Crippen molar-refractivity contribution in [3.63, 3.8) is 0 Å². The molecule has 0 aliphatic heterocycles. The molecule has 8 unspecified atom stereocenters. The highest BCUT2D eigenvalue weighted by Crippen LogP contribution is 2.12. The number of hydrogen-bond donors (Lipinski definition) is 12. The van der Waals surface area contributed by atoms with Crippen LogP contribution in [0, 0.1) is 80.9 Å². The molecule has 67 nitrogen and oxygen atoms in total. The molecule has 0 saturated carbocycles. The van der Waals surface area contributed by atoms with Crippen molar-refractivity contribution in [1.29, 1.82) is 0 Å². The monoisotopic (exact) mass is 2030 g/mol. The highest BCUT2D eigenvalue weighted by molar-refractivity contribution is 5.76. The molecule has 806 valence electrons. The third kappa shape index (κ3) is 122. The predicted molar refractivity (Wildman–Crippen MR) is 463 cm³/mol. The Morgan fingerprint density at radius 3 is 0.748 bits per heavy atom. The van der Waals surface area contributed by atoms with Gasteiger partial charge in [-0.25, -0.2) is 19.2 Å². The quantitative estimate of drug-likeness (QED) is 0.0102. The van der Waals surface area contributed by atoms with Crippen molar-refractivity contribution in [1.82, 2.24) is 31.9 Å². The van der Waals surface area contributed by atoms with Crippen molar-refractivity contribution in [2.75, 3.05) is 119 Å². The fraction of sp³-hybridized carbons (Fsp3) is 0.833. The van der Waals surface area contributed by atoms with Gasteiger partial charge in [0.25, 0.3) is 79.5 Å². The largest absolute Gasteiger partial charge is 0.450 e. The van der Waals surface area contributed by atoms with Crippen LogP contribution < -0.4 is 66.3 Å². The van der Waals surface area contributed by atoms with E-state index < -0.39 is 128 Å². The molecule has 67 heteroatoms. The number of alkyl carbamates (subject to hydrolysis) is 4. The first kappa shape index (κ1) is 136. The first-order valence-corrected chi connectivity index (χ1v) is 43.5. The first-order valence-electron chi connectivity index (χ1n) is 43.5. The van der Waals surface area contributed by atoms with E-state index in [1.165, 1.54) is 0 Å². The number of nitrogens with zero attached hydrogens (tertiary/aromatic N) is 8. The van der Waals surface area contributed by atoms with Crippen LogP contribution in [-0.4, -0.2) is 284 Å². The number of ether oxygens (including phenoxy) is 11. The summed E-state index contributed by atoms with van der Waals surface area (Å²) in [5, 5.41) is 88.2. The summed E-state index contributed by atoms with van der Waals surface area (Å²) in [4.78, 5) is 242. The minimum atomic E-state index is -1.12. The van der Waals surface area contributed by atoms with E-state index in [1.807, 2.05) is 0 Å². The predicted octanol–water partition coefficient (Wildman–Crippen LogP) is 1.49. The zero-order chi connectivity index (χ0) is 105. The number of carbonyl (C=O) groups is 12. The van der Waals surface area contributed by atoms with Crippen molar-refractivity contribution in [2.45, 2.75) is 268 Å². The summed E-state index contributed by atoms with van der Waals surface area (Å²) in [5.41, 5.74) is 32.7. The number of carbonyl (C=O) groups excluding carboxylic acids is 12. The maximum Gasteiger partial charge on any atom is 0.407 e. The van der Waals surface area contributed by atoms with E-state index in [1.54, 1.807) is 0 Å². The summed E-state index contributed by atoms with van der Waals surface area (Å²) in [7, 11) is 0. The number of amides is 6. The van der Waals surface area contributed by atoms with Gasteiger partial charge in [-0.05, 0) is 193 Å². The van der Waals surface area contributed by atoms with Gasteiger partial charge in [-0.15, -0.1) is 80.9 Å². The van der Waals surface area contributed by atoms with Crippen LogP contribution in [0.3, 0.4) is 0 Å². The summed E-state index contributed by atoms with van der Waals surface area (Å²) in [5.74, 6) is -0.304. The fourth-order valence-electron chi connectivity index (χ4n) is 9.79. The molecule has 0 aromatic heterocycles. The third-order valence-corrected chi connectivity index (χ3v) is 16.4. The Morgan fingerprint density at radius 2 is 0.460 bits per heavy atom. The van der Waals surface area contributed by atoms with Gasteiger partial charge in [-0.1, -0.05) is 12.8 Å². The molecule has 0 heterocycles. The molecule has 0 fully saturated rings. The van der Waals surface area contributed by atoms with Crippen molar-refractivity contribution < 1.29 is 189 Å². The first-order chi connectivity index (χ1) is 66.4. The lowest BCUT2D eigenvalue weighted by Gasteiger charge is -2.13. The van der Waals surface area contributed by atoms with Crippen LogP contribution in [0.2, 0.25) is 0 Å². The van der Waals surface area contributed by atoms with Crippen molar-refractivity contribution >= 4 is 75.0 Å². The van der Waals surface area contributed by atoms with Gasteiger partial charge < -0.3 is 123 Å². The van der Waals surface area contributed by atoms with Gasteiger partial charge in [0.05, 0.1) is 52.9 Å². The van der Waals surface area contributed by atoms with Crippen LogP contribution in [0.1, 0.15) is 218 Å². The van der Waals surface area contributed by atoms with Gasteiger partial charge in [0.2, 0.25) is 11.8 Å². The van der Waals surface area contributed by atoms with E-state index in [9.17, 15) is 138 Å². The van der Waals surface area contributed by atoms with Crippen LogP contribution in [0.15, 0.2) is 0 Å². The SMILES string of the molecule is NC(CCCCNC(=O)CCCC(CO[N+](=O)[O-])O[N+](=O)[O-])OC=O.NC(CCCCNC(=O)CCCCCO[N+](=O)[O-])OC=O.NC(CCCCNC(=O)OCCCCC(CO[N+](=O)[O-])O[N+](=O)[O-])OC=O.NC(CCCCNC(=O)OCCCCCCO[N+](=O)[O-])OC=O.NC(CCCCNC(=O)OCCCCO[N+](=O)[O-])OC=O.NC(CCCCNC(=O)OCCOCCO[N+](=O)[O-])OC=O. The molecule has 0 aliphatic rings. The highest BCUT2D eigenvalue weighted by atomic mass is 17.0. The number of nitrogens with two attached hydrogens (primary N) is 6. The van der Waals surface area contributed by atoms with Crippen LogP contribution in [0.4, 0.5) is 19.2 Å². The molecule has 139 heavy (non-hydrogen) atoms. The molecule has 0 aromatic carbocycles. The highest BCUT2D eigenvalue weighted by Gasteiger charge is 2.19. The van der Waals surface area contributed by atoms with Gasteiger partial charge in [0.15, 0.2) is 37.4 Å². The topological polar surface area (TPSA) is 954 Å². The second-order valence-electron chi connectivity index (χ2n) is 27.7. The standard InChI is InChI=1S/C13H24N4O10.C13H25N3O7.C12H22N4O9.C12H23N3O6.C11H21N3O8.C11H21N3O7/c14-12(25-10-18)6-1-3-7-15-13(19)24-8-4-2-5-11(27-17(22)23)9-26-16(20)21;14-12(22-11-17)7-3-4-8-15-13(18)21-9-5-1-2-6-10-23-16(19)20;13-11(23-9-17)5-1-2-7-14-12(18)6-3-4-10(25-16(21)22)8-24-15(19)20;13-11(20-10-16)6-3-4-8-14-12(17)7-2-1-5-9-21-15(18)19;12-10(21-9-15)3-1-2-4-13-11(16)20-7-5-19-6-8-22-14(17)18;12-10(20-9-15)5-1-2-6-13-11(16)19-7-3-4-8-21-14(17)18/h10-12H,1-9,14H2,(H,15,19);11-12H,1-10,14H2,(H,15,18);9-11H,1-8,13H2,(H,14,18);10-11H,1-9,13H2,(H,14,17);9-10H,1-8,12H2,(H,13,16);9-10H,1-8,12H2,(H,13,16). The van der Waals surface area contributed by atoms with Gasteiger partial charge in [0, 0.05) is 52.1 Å². The summed E-state index contributed by atoms with van der Waals surface area (Å²) in [6.45, 7) is 3.99. The summed E-state index contributed by atoms with van der Waals surface area (Å²) < 4.78 is 51.5. The summed E-state index contributed by atoms with van der Waals surface area (Å²) in [6, 6.07) is 0. The number of nitrogens with one attached hydrogen (secondary N) is 6. The lowest BCUT2D eigenvalue weighted by atomic mass is 10.1. The van der Waals surface area contributed by atoms with Crippen LogP contribution in [0.5, 0.6) is 0 Å². The van der Waals surface area contributed by atoms with Crippen LogP contribution in [0.25, 0.3) is 0 Å². The number of unbranched alkanes of at least 4 members (excludes halogenated alkanes) is 13. The smallest absolute Gasteiger partial charge is 0.407 e. The maximum absolute atomic E-state index is 11.6. The van der Waals surface area contributed by atoms with Crippen molar-refractivity contribution in [2.24, 2.45) is 34.4 Å². The Hall–Kier alpha value is -13.8. The van der Waals surface area contributed by atoms with E-state index >= 15 is 0 Å². The lowest BCUT2D eigenvalue weighted by Crippen LogP contribution is -2.27. The number of hydrogen-bond acceptors (Lipinski definition) is 53. The molecule has 0 rings (SSSR count). The zero-order valence-electron chi connectivity index (χ0n) is 77.1. The molecule has 0 aromatic rings. The Morgan fingerprint density at radius 1 is 0.237 bits per heavy atom. The molecule has 0 spiro atoms. The van der Waals surface area contributed by atoms with Gasteiger partial charge in [0.1, 0.15) is 38.6 Å². The minimum Gasteiger partial charge on any atom is -0.450 e. The second kappa shape index (κ2) is 103. The minimum absolute atomic E-state index is 0.0128. The van der Waals surface area contributed by atoms with E-state index in [4.69, 9.17) is 58.1 Å². The lowest BCUT2D eigenvalue weighted by molar-refractivity contribution is -0.790. The third-order valence-electron chi connectivity index (χ3n) is 16.4. The molecule has 0 radical (unpaired) electrons. The van der Waals surface area contributed by atoms with Gasteiger partial charge in [-0.3, -0.25) is 72.8 Å². The zero-order valence-corrected chi connectivity index (χ0v) is 77.1. The van der Waals surface area contributed by atoms with E-state index in [0.717, 1.165) is 32.1 Å². The van der Waals surface area contributed by atoms with E-state index in [-0.39, 0.29) is 110 Å². The summed E-state index contributed by atoms with van der Waals surface area (Å²) in [6.07, 6.45) is 10.6. The van der Waals surface area contributed by atoms with Gasteiger partial charge >= 0.3 is 24.4 Å². The Kier molecular flexibility index (Phi) is 101. The molecule has 18 N–H and O–H groups in total. The Balaban J connectivity index is -0.000000383. The van der Waals surface area contributed by atoms with E-state index in [2.05, 4.69) is 99.0 Å². The molecular weight excluding hydrogens is 1900 g/mol. The van der Waals surface area contributed by atoms with E-state index in [0.29, 0.717) is 232 Å². The second-order valence-corrected chi connectivity index (χ2v) is 27.7. The fourth-order valence-corrected chi connectivity index (χ4v) is 9.79. The molecule has 8 atom stereocenters. The van der Waals surface area contributed by atoms with Gasteiger partial charge in [-0.2, -0.15) is 0 Å². The average molecular weight is 2030 g/mol. The Bertz CT molecular complexity index is 3180. The number of rotatable bonds is 89. The average Bonchev–Trinajstić information content (AvgIpc) is 1.000. The van der Waals surface area contributed by atoms with Crippen LogP contribution >= 0.6 is 0 Å². The molecule has 0 saturated heterocycles. The normalized spacial score (nSPS) is 11.8. The maximum atomic E-state index is 11.6. The molecule has 6 amide bonds. The summed E-state index contributed by atoms with van der Waals surface area (Å²) >= 11 is 0. The molecular formula is C72H136N20O47. The van der Waals surface area contributed by atoms with Crippen molar-refractivity contribution in [3.05, 3.63) is 80.9 Å². The molecule has 0 bridgehead atoms. The van der Waals surface area contributed by atoms with Crippen LogP contribution in [-0.2, 0) is 129 Å². The Labute approximate surface area is 795 Å². The van der Waals surface area contributed by atoms with Crippen molar-refractivity contribution in [3.8, 4) is 0 Å². The molecule has 0 aliphatic carbocycles.